The fourth-order valence-electron chi connectivity index (χ4n) is 1.65. The topological polar surface area (TPSA) is 38.3 Å². The number of hydrogen-bond acceptors (Lipinski definition) is 2. The van der Waals surface area contributed by atoms with E-state index in [0.29, 0.717) is 16.5 Å². The van der Waals surface area contributed by atoms with Crippen molar-refractivity contribution in [1.29, 1.82) is 0 Å². The standard InChI is InChI=1S/C13H18ClNO2/c1-4-9(5-2)13(16)15-10-6-7-12(17-3)11(14)8-10/h6-9H,4-5H2,1-3H3,(H,15,16). The van der Waals surface area contributed by atoms with Crippen LogP contribution >= 0.6 is 11.6 Å². The molecule has 0 aliphatic heterocycles. The molecule has 4 heteroatoms. The van der Waals surface area contributed by atoms with E-state index in [1.165, 1.54) is 0 Å². The first-order chi connectivity index (χ1) is 8.12. The fourth-order valence-corrected chi connectivity index (χ4v) is 1.91. The molecule has 0 unspecified atom stereocenters. The first-order valence-electron chi connectivity index (χ1n) is 5.76. The average Bonchev–Trinajstić information content (AvgIpc) is 2.31. The molecule has 0 aliphatic rings. The van der Waals surface area contributed by atoms with Gasteiger partial charge in [0.25, 0.3) is 0 Å². The van der Waals surface area contributed by atoms with Crippen molar-refractivity contribution in [3.05, 3.63) is 23.2 Å². The molecule has 1 amide bonds. The van der Waals surface area contributed by atoms with E-state index in [2.05, 4.69) is 5.32 Å². The number of hydrogen-bond donors (Lipinski definition) is 1. The molecule has 0 saturated carbocycles. The molecule has 0 heterocycles. The molecule has 0 saturated heterocycles. The van der Waals surface area contributed by atoms with Crippen molar-refractivity contribution in [3.63, 3.8) is 0 Å². The third-order valence-corrected chi connectivity index (χ3v) is 3.07. The molecule has 17 heavy (non-hydrogen) atoms. The summed E-state index contributed by atoms with van der Waals surface area (Å²) in [5.41, 5.74) is 0.702. The molecule has 0 fully saturated rings. The summed E-state index contributed by atoms with van der Waals surface area (Å²) in [5.74, 6) is 0.694. The van der Waals surface area contributed by atoms with Crippen LogP contribution in [-0.2, 0) is 4.79 Å². The Hall–Kier alpha value is -1.22. The molecule has 1 aromatic carbocycles. The largest absolute Gasteiger partial charge is 0.495 e. The molecule has 94 valence electrons. The quantitative estimate of drug-likeness (QED) is 0.871. The zero-order valence-corrected chi connectivity index (χ0v) is 11.2. The minimum absolute atomic E-state index is 0.0382. The number of methoxy groups -OCH3 is 1. The van der Waals surface area contributed by atoms with E-state index in [4.69, 9.17) is 16.3 Å². The maximum absolute atomic E-state index is 11.9. The highest BCUT2D eigenvalue weighted by Crippen LogP contribution is 2.27. The van der Waals surface area contributed by atoms with Crippen molar-refractivity contribution in [2.75, 3.05) is 12.4 Å². The van der Waals surface area contributed by atoms with Crippen LogP contribution in [0.25, 0.3) is 0 Å². The Balaban J connectivity index is 2.75. The summed E-state index contributed by atoms with van der Waals surface area (Å²) in [6.07, 6.45) is 1.68. The zero-order chi connectivity index (χ0) is 12.8. The van der Waals surface area contributed by atoms with E-state index < -0.39 is 0 Å². The van der Waals surface area contributed by atoms with Gasteiger partial charge in [0.1, 0.15) is 5.75 Å². The highest BCUT2D eigenvalue weighted by atomic mass is 35.5. The number of carbonyl (C=O) groups is 1. The highest BCUT2D eigenvalue weighted by molar-refractivity contribution is 6.32. The summed E-state index contributed by atoms with van der Waals surface area (Å²) in [4.78, 5) is 11.9. The Morgan fingerprint density at radius 3 is 2.53 bits per heavy atom. The minimum atomic E-state index is 0.0382. The van der Waals surface area contributed by atoms with Gasteiger partial charge in [-0.2, -0.15) is 0 Å². The molecule has 1 N–H and O–H groups in total. The number of ether oxygens (including phenoxy) is 1. The van der Waals surface area contributed by atoms with E-state index in [-0.39, 0.29) is 11.8 Å². The maximum atomic E-state index is 11.9. The monoisotopic (exact) mass is 255 g/mol. The van der Waals surface area contributed by atoms with Crippen molar-refractivity contribution < 1.29 is 9.53 Å². The van der Waals surface area contributed by atoms with Gasteiger partial charge in [0, 0.05) is 11.6 Å². The highest BCUT2D eigenvalue weighted by Gasteiger charge is 2.14. The lowest BCUT2D eigenvalue weighted by atomic mass is 10.0. The summed E-state index contributed by atoms with van der Waals surface area (Å²) in [5, 5.41) is 3.35. The molecule has 0 radical (unpaired) electrons. The van der Waals surface area contributed by atoms with Crippen LogP contribution in [0.3, 0.4) is 0 Å². The molecule has 3 nitrogen and oxygen atoms in total. The molecule has 0 aliphatic carbocycles. The molecule has 1 aromatic rings. The van der Waals surface area contributed by atoms with Crippen LogP contribution in [0.5, 0.6) is 5.75 Å². The van der Waals surface area contributed by atoms with E-state index in [1.807, 2.05) is 13.8 Å². The molecule has 1 rings (SSSR count). The third-order valence-electron chi connectivity index (χ3n) is 2.78. The van der Waals surface area contributed by atoms with Crippen LogP contribution in [0, 0.1) is 5.92 Å². The Labute approximate surface area is 107 Å². The Kier molecular flexibility index (Phi) is 5.29. The van der Waals surface area contributed by atoms with Crippen molar-refractivity contribution in [1.82, 2.24) is 0 Å². The number of amides is 1. The first kappa shape index (κ1) is 13.8. The van der Waals surface area contributed by atoms with Crippen molar-refractivity contribution in [3.8, 4) is 5.75 Å². The Bertz CT molecular complexity index is 389. The maximum Gasteiger partial charge on any atom is 0.227 e. The van der Waals surface area contributed by atoms with E-state index in [0.717, 1.165) is 12.8 Å². The first-order valence-corrected chi connectivity index (χ1v) is 6.14. The van der Waals surface area contributed by atoms with Gasteiger partial charge in [0.15, 0.2) is 0 Å². The van der Waals surface area contributed by atoms with Crippen LogP contribution in [0.1, 0.15) is 26.7 Å². The predicted molar refractivity (Wildman–Crippen MR) is 70.7 cm³/mol. The van der Waals surface area contributed by atoms with Crippen LogP contribution in [0.2, 0.25) is 5.02 Å². The van der Waals surface area contributed by atoms with Gasteiger partial charge in [-0.15, -0.1) is 0 Å². The van der Waals surface area contributed by atoms with Gasteiger partial charge >= 0.3 is 0 Å². The number of halogens is 1. The molecule has 0 bridgehead atoms. The average molecular weight is 256 g/mol. The normalized spacial score (nSPS) is 10.4. The van der Waals surface area contributed by atoms with Crippen molar-refractivity contribution >= 4 is 23.2 Å². The van der Waals surface area contributed by atoms with E-state index >= 15 is 0 Å². The van der Waals surface area contributed by atoms with Gasteiger partial charge < -0.3 is 10.1 Å². The number of anilines is 1. The molecule has 0 atom stereocenters. The summed E-state index contributed by atoms with van der Waals surface area (Å²) >= 11 is 5.98. The SMILES string of the molecule is CCC(CC)C(=O)Nc1ccc(OC)c(Cl)c1. The van der Waals surface area contributed by atoms with Crippen molar-refractivity contribution in [2.45, 2.75) is 26.7 Å². The lowest BCUT2D eigenvalue weighted by molar-refractivity contribution is -0.120. The zero-order valence-electron chi connectivity index (χ0n) is 10.4. The predicted octanol–water partition coefficient (Wildman–Crippen LogP) is 3.72. The lowest BCUT2D eigenvalue weighted by Gasteiger charge is -2.13. The van der Waals surface area contributed by atoms with Crippen LogP contribution < -0.4 is 10.1 Å². The summed E-state index contributed by atoms with van der Waals surface area (Å²) in [7, 11) is 1.56. The lowest BCUT2D eigenvalue weighted by Crippen LogP contribution is -2.21. The molecule has 0 aromatic heterocycles. The minimum Gasteiger partial charge on any atom is -0.495 e. The second-order valence-corrected chi connectivity index (χ2v) is 4.26. The van der Waals surface area contributed by atoms with Crippen molar-refractivity contribution in [2.24, 2.45) is 5.92 Å². The van der Waals surface area contributed by atoms with Gasteiger partial charge in [-0.3, -0.25) is 4.79 Å². The van der Waals surface area contributed by atoms with E-state index in [9.17, 15) is 4.79 Å². The number of rotatable bonds is 5. The van der Waals surface area contributed by atoms with Gasteiger partial charge in [-0.1, -0.05) is 25.4 Å². The molecular weight excluding hydrogens is 238 g/mol. The van der Waals surface area contributed by atoms with Crippen LogP contribution in [0.4, 0.5) is 5.69 Å². The second kappa shape index (κ2) is 6.50. The van der Waals surface area contributed by atoms with Gasteiger partial charge in [-0.25, -0.2) is 0 Å². The second-order valence-electron chi connectivity index (χ2n) is 3.85. The third kappa shape index (κ3) is 3.63. The number of carbonyl (C=O) groups excluding carboxylic acids is 1. The van der Waals surface area contributed by atoms with E-state index in [1.54, 1.807) is 25.3 Å². The smallest absolute Gasteiger partial charge is 0.227 e. The number of benzene rings is 1. The Morgan fingerprint density at radius 1 is 1.41 bits per heavy atom. The fraction of sp³-hybridized carbons (Fsp3) is 0.462. The molecular formula is C13H18ClNO2. The Morgan fingerprint density at radius 2 is 2.06 bits per heavy atom. The summed E-state index contributed by atoms with van der Waals surface area (Å²) in [6, 6.07) is 5.22. The van der Waals surface area contributed by atoms with Gasteiger partial charge in [-0.05, 0) is 31.0 Å². The summed E-state index contributed by atoms with van der Waals surface area (Å²) < 4.78 is 5.05. The summed E-state index contributed by atoms with van der Waals surface area (Å²) in [6.45, 7) is 4.02. The van der Waals surface area contributed by atoms with Gasteiger partial charge in [0.05, 0.1) is 12.1 Å². The van der Waals surface area contributed by atoms with Crippen LogP contribution in [-0.4, -0.2) is 13.0 Å². The van der Waals surface area contributed by atoms with Crippen LogP contribution in [0.15, 0.2) is 18.2 Å². The molecule has 0 spiro atoms. The number of nitrogens with one attached hydrogen (secondary N) is 1. The van der Waals surface area contributed by atoms with Gasteiger partial charge in [0.2, 0.25) is 5.91 Å².